The summed E-state index contributed by atoms with van der Waals surface area (Å²) in [5.41, 5.74) is -0.261. The van der Waals surface area contributed by atoms with E-state index in [1.807, 2.05) is 0 Å². The number of nitrogens with zero attached hydrogens (tertiary/aromatic N) is 4. The molecule has 0 amide bonds. The van der Waals surface area contributed by atoms with E-state index in [4.69, 9.17) is 11.6 Å². The fraction of sp³-hybridized carbons (Fsp3) is 0.200. The number of aromatic nitrogens is 3. The second-order valence-corrected chi connectivity index (χ2v) is 4.16. The molecule has 0 aliphatic carbocycles. The predicted molar refractivity (Wildman–Crippen MR) is 66.4 cm³/mol. The van der Waals surface area contributed by atoms with Crippen molar-refractivity contribution in [3.8, 4) is 0 Å². The van der Waals surface area contributed by atoms with E-state index in [0.29, 0.717) is 5.82 Å². The second-order valence-electron chi connectivity index (χ2n) is 3.75. The molecule has 0 bridgehead atoms. The van der Waals surface area contributed by atoms with Gasteiger partial charge in [-0.2, -0.15) is 0 Å². The summed E-state index contributed by atoms with van der Waals surface area (Å²) >= 11 is 5.61. The number of hydrogen-bond donors (Lipinski definition) is 1. The first-order valence-corrected chi connectivity index (χ1v) is 5.57. The van der Waals surface area contributed by atoms with Crippen LogP contribution in [-0.2, 0) is 13.6 Å². The lowest BCUT2D eigenvalue weighted by Crippen LogP contribution is -2.07. The molecule has 0 fully saturated rings. The molecule has 0 aliphatic heterocycles. The zero-order valence-corrected chi connectivity index (χ0v) is 10.6. The molecule has 0 spiro atoms. The zero-order chi connectivity index (χ0) is 14.0. The number of aryl methyl sites for hydroxylation is 1. The van der Waals surface area contributed by atoms with Crippen LogP contribution in [0.5, 0.6) is 0 Å². The van der Waals surface area contributed by atoms with Gasteiger partial charge in [-0.1, -0.05) is 11.6 Å². The Morgan fingerprint density at radius 2 is 2.32 bits per heavy atom. The minimum absolute atomic E-state index is 0.124. The van der Waals surface area contributed by atoms with Crippen molar-refractivity contribution < 1.29 is 9.31 Å². The zero-order valence-electron chi connectivity index (χ0n) is 9.80. The number of rotatable bonds is 4. The van der Waals surface area contributed by atoms with E-state index in [9.17, 15) is 14.5 Å². The summed E-state index contributed by atoms with van der Waals surface area (Å²) in [5, 5.41) is 20.9. The number of nitro benzene ring substituents is 1. The van der Waals surface area contributed by atoms with Crippen LogP contribution in [0.2, 0.25) is 5.02 Å². The molecule has 1 aromatic carbocycles. The summed E-state index contributed by atoms with van der Waals surface area (Å²) in [7, 11) is 1.74. The van der Waals surface area contributed by atoms with Crippen molar-refractivity contribution >= 4 is 23.0 Å². The molecule has 1 aromatic heterocycles. The highest BCUT2D eigenvalue weighted by atomic mass is 35.5. The second kappa shape index (κ2) is 5.19. The highest BCUT2D eigenvalue weighted by Crippen LogP contribution is 2.30. The Kier molecular flexibility index (Phi) is 3.61. The molecule has 7 nitrogen and oxygen atoms in total. The van der Waals surface area contributed by atoms with Gasteiger partial charge in [0.15, 0.2) is 5.82 Å². The van der Waals surface area contributed by atoms with E-state index in [1.165, 1.54) is 12.4 Å². The molecule has 0 radical (unpaired) electrons. The van der Waals surface area contributed by atoms with Crippen molar-refractivity contribution in [1.82, 2.24) is 14.8 Å². The Bertz CT molecular complexity index is 630. The van der Waals surface area contributed by atoms with Crippen molar-refractivity contribution in [2.45, 2.75) is 6.54 Å². The maximum absolute atomic E-state index is 13.2. The maximum Gasteiger partial charge on any atom is 0.295 e. The molecule has 2 aromatic rings. The monoisotopic (exact) mass is 285 g/mol. The van der Waals surface area contributed by atoms with Crippen LogP contribution in [0, 0.1) is 15.9 Å². The third-order valence-electron chi connectivity index (χ3n) is 2.48. The van der Waals surface area contributed by atoms with Gasteiger partial charge >= 0.3 is 0 Å². The van der Waals surface area contributed by atoms with Gasteiger partial charge in [-0.05, 0) is 6.07 Å². The summed E-state index contributed by atoms with van der Waals surface area (Å²) in [4.78, 5) is 10.2. The van der Waals surface area contributed by atoms with Crippen molar-refractivity contribution in [2.24, 2.45) is 7.05 Å². The van der Waals surface area contributed by atoms with Gasteiger partial charge in [0.05, 0.1) is 22.6 Å². The molecule has 0 saturated heterocycles. The number of hydrogen-bond acceptors (Lipinski definition) is 5. The molecule has 1 heterocycles. The van der Waals surface area contributed by atoms with Gasteiger partial charge in [0, 0.05) is 7.05 Å². The lowest BCUT2D eigenvalue weighted by atomic mass is 10.2. The van der Waals surface area contributed by atoms with Crippen LogP contribution in [0.4, 0.5) is 15.8 Å². The van der Waals surface area contributed by atoms with Crippen LogP contribution >= 0.6 is 11.6 Å². The Labute approximate surface area is 112 Å². The number of anilines is 1. The first-order valence-electron chi connectivity index (χ1n) is 5.19. The molecule has 1 N–H and O–H groups in total. The number of nitro groups is 1. The average molecular weight is 286 g/mol. The average Bonchev–Trinajstić information content (AvgIpc) is 2.75. The van der Waals surface area contributed by atoms with E-state index in [2.05, 4.69) is 15.5 Å². The van der Waals surface area contributed by atoms with Crippen LogP contribution in [0.1, 0.15) is 5.82 Å². The van der Waals surface area contributed by atoms with Crippen molar-refractivity contribution in [3.05, 3.63) is 45.2 Å². The topological polar surface area (TPSA) is 85.9 Å². The Morgan fingerprint density at radius 3 is 2.89 bits per heavy atom. The van der Waals surface area contributed by atoms with Gasteiger partial charge in [-0.3, -0.25) is 10.1 Å². The van der Waals surface area contributed by atoms with Crippen LogP contribution in [0.15, 0.2) is 18.5 Å². The van der Waals surface area contributed by atoms with E-state index < -0.39 is 10.7 Å². The summed E-state index contributed by atoms with van der Waals surface area (Å²) in [6.07, 6.45) is 1.50. The Balaban J connectivity index is 2.26. The highest BCUT2D eigenvalue weighted by Gasteiger charge is 2.18. The minimum Gasteiger partial charge on any atom is -0.372 e. The van der Waals surface area contributed by atoms with Crippen LogP contribution in [-0.4, -0.2) is 19.7 Å². The summed E-state index contributed by atoms with van der Waals surface area (Å²) < 4.78 is 14.9. The van der Waals surface area contributed by atoms with Crippen LogP contribution < -0.4 is 5.32 Å². The van der Waals surface area contributed by atoms with Crippen molar-refractivity contribution in [1.29, 1.82) is 0 Å². The van der Waals surface area contributed by atoms with E-state index in [1.54, 1.807) is 11.6 Å². The third kappa shape index (κ3) is 2.79. The summed E-state index contributed by atoms with van der Waals surface area (Å²) in [5.74, 6) is -0.257. The molecule has 2 rings (SSSR count). The molecule has 0 saturated carbocycles. The molecule has 9 heteroatoms. The standard InChI is InChI=1S/C10H9ClFN5O2/c1-16-5-14-15-10(16)4-13-8-2-6(11)7(12)3-9(8)17(18)19/h2-3,5,13H,4H2,1H3. The fourth-order valence-corrected chi connectivity index (χ4v) is 1.63. The normalized spacial score (nSPS) is 10.5. The smallest absolute Gasteiger partial charge is 0.295 e. The quantitative estimate of drug-likeness (QED) is 0.687. The molecule has 0 aliphatic rings. The van der Waals surface area contributed by atoms with Gasteiger partial charge < -0.3 is 9.88 Å². The first-order chi connectivity index (χ1) is 8.99. The SMILES string of the molecule is Cn1cnnc1CNc1cc(Cl)c(F)cc1[N+](=O)[O-]. The lowest BCUT2D eigenvalue weighted by molar-refractivity contribution is -0.384. The molecule has 100 valence electrons. The van der Waals surface area contributed by atoms with Crippen molar-refractivity contribution in [2.75, 3.05) is 5.32 Å². The molecular weight excluding hydrogens is 277 g/mol. The summed E-state index contributed by atoms with van der Waals surface area (Å²) in [6.45, 7) is 0.208. The Hall–Kier alpha value is -2.22. The molecule has 19 heavy (non-hydrogen) atoms. The number of nitrogens with one attached hydrogen (secondary N) is 1. The van der Waals surface area contributed by atoms with Gasteiger partial charge in [0.1, 0.15) is 17.8 Å². The van der Waals surface area contributed by atoms with Crippen LogP contribution in [0.25, 0.3) is 0 Å². The highest BCUT2D eigenvalue weighted by molar-refractivity contribution is 6.31. The number of benzene rings is 1. The van der Waals surface area contributed by atoms with E-state index in [-0.39, 0.29) is 22.9 Å². The molecule has 0 unspecified atom stereocenters. The molecule has 0 atom stereocenters. The largest absolute Gasteiger partial charge is 0.372 e. The first kappa shape index (κ1) is 13.2. The molecular formula is C10H9ClFN5O2. The van der Waals surface area contributed by atoms with Crippen LogP contribution in [0.3, 0.4) is 0 Å². The summed E-state index contributed by atoms with van der Waals surface area (Å²) in [6, 6.07) is 1.95. The van der Waals surface area contributed by atoms with Gasteiger partial charge in [-0.25, -0.2) is 4.39 Å². The Morgan fingerprint density at radius 1 is 1.58 bits per heavy atom. The van der Waals surface area contributed by atoms with E-state index >= 15 is 0 Å². The van der Waals surface area contributed by atoms with Gasteiger partial charge in [-0.15, -0.1) is 10.2 Å². The minimum atomic E-state index is -0.836. The number of halogens is 2. The fourth-order valence-electron chi connectivity index (χ4n) is 1.47. The van der Waals surface area contributed by atoms with E-state index in [0.717, 1.165) is 6.07 Å². The lowest BCUT2D eigenvalue weighted by Gasteiger charge is -2.07. The van der Waals surface area contributed by atoms with Gasteiger partial charge in [0.25, 0.3) is 5.69 Å². The van der Waals surface area contributed by atoms with Gasteiger partial charge in [0.2, 0.25) is 0 Å². The van der Waals surface area contributed by atoms with Crippen molar-refractivity contribution in [3.63, 3.8) is 0 Å². The third-order valence-corrected chi connectivity index (χ3v) is 2.77. The maximum atomic E-state index is 13.2. The predicted octanol–water partition coefficient (Wildman–Crippen LogP) is 2.13.